The summed E-state index contributed by atoms with van der Waals surface area (Å²) in [6.07, 6.45) is 1.72. The smallest absolute Gasteiger partial charge is 0.345 e. The van der Waals surface area contributed by atoms with Crippen LogP contribution in [0, 0.1) is 10.1 Å². The Balaban J connectivity index is 2.92. The summed E-state index contributed by atoms with van der Waals surface area (Å²) in [5, 5.41) is 13.8. The molecule has 0 saturated heterocycles. The second-order valence-corrected chi connectivity index (χ2v) is 4.99. The number of benzene rings is 1. The number of carbonyl (C=O) groups excluding carboxylic acids is 2. The SMILES string of the molecule is CCCCNC(=O)COC(=O)c1cc(OC)c(OCC)cc1[N+](=O)[O-]. The predicted molar refractivity (Wildman–Crippen MR) is 89.0 cm³/mol. The lowest BCUT2D eigenvalue weighted by molar-refractivity contribution is -0.385. The van der Waals surface area contributed by atoms with E-state index >= 15 is 0 Å². The molecule has 0 radical (unpaired) electrons. The molecule has 0 aromatic heterocycles. The zero-order valence-corrected chi connectivity index (χ0v) is 14.5. The van der Waals surface area contributed by atoms with E-state index in [1.54, 1.807) is 6.92 Å². The van der Waals surface area contributed by atoms with Crippen molar-refractivity contribution in [1.82, 2.24) is 5.32 Å². The minimum absolute atomic E-state index is 0.144. The number of nitro groups is 1. The Morgan fingerprint density at radius 3 is 2.52 bits per heavy atom. The van der Waals surface area contributed by atoms with Crippen LogP contribution in [-0.2, 0) is 9.53 Å². The predicted octanol–water partition coefficient (Wildman–Crippen LogP) is 2.08. The maximum Gasteiger partial charge on any atom is 0.345 e. The fourth-order valence-corrected chi connectivity index (χ4v) is 1.96. The van der Waals surface area contributed by atoms with E-state index in [1.165, 1.54) is 13.2 Å². The van der Waals surface area contributed by atoms with Crippen molar-refractivity contribution in [2.45, 2.75) is 26.7 Å². The first-order valence-electron chi connectivity index (χ1n) is 7.87. The largest absolute Gasteiger partial charge is 0.493 e. The van der Waals surface area contributed by atoms with E-state index in [9.17, 15) is 19.7 Å². The third-order valence-electron chi connectivity index (χ3n) is 3.19. The summed E-state index contributed by atoms with van der Waals surface area (Å²) < 4.78 is 15.2. The highest BCUT2D eigenvalue weighted by Crippen LogP contribution is 2.35. The van der Waals surface area contributed by atoms with Gasteiger partial charge in [0.25, 0.3) is 11.6 Å². The van der Waals surface area contributed by atoms with Crippen molar-refractivity contribution >= 4 is 17.6 Å². The molecule has 0 aliphatic rings. The first-order valence-corrected chi connectivity index (χ1v) is 7.87. The zero-order valence-electron chi connectivity index (χ0n) is 14.5. The molecule has 1 amide bonds. The van der Waals surface area contributed by atoms with Gasteiger partial charge in [-0.15, -0.1) is 0 Å². The number of amides is 1. The second-order valence-electron chi connectivity index (χ2n) is 4.99. The minimum Gasteiger partial charge on any atom is -0.493 e. The number of rotatable bonds is 10. The molecular weight excluding hydrogens is 332 g/mol. The van der Waals surface area contributed by atoms with Gasteiger partial charge in [-0.2, -0.15) is 0 Å². The quantitative estimate of drug-likeness (QED) is 0.296. The molecule has 1 N–H and O–H groups in total. The Bertz CT molecular complexity index is 631. The number of unbranched alkanes of at least 4 members (excludes halogenated alkanes) is 1. The Labute approximate surface area is 145 Å². The van der Waals surface area contributed by atoms with E-state index in [0.29, 0.717) is 6.54 Å². The molecule has 0 aliphatic heterocycles. The molecule has 0 atom stereocenters. The number of carbonyl (C=O) groups is 2. The van der Waals surface area contributed by atoms with Gasteiger partial charge in [-0.1, -0.05) is 13.3 Å². The lowest BCUT2D eigenvalue weighted by atomic mass is 10.1. The van der Waals surface area contributed by atoms with Crippen LogP contribution in [-0.4, -0.2) is 43.7 Å². The van der Waals surface area contributed by atoms with Crippen LogP contribution in [0.15, 0.2) is 12.1 Å². The molecule has 0 heterocycles. The fraction of sp³-hybridized carbons (Fsp3) is 0.500. The molecule has 0 spiro atoms. The molecule has 9 heteroatoms. The second kappa shape index (κ2) is 10.1. The van der Waals surface area contributed by atoms with Gasteiger partial charge in [0.15, 0.2) is 18.1 Å². The van der Waals surface area contributed by atoms with Crippen LogP contribution in [0.2, 0.25) is 0 Å². The number of ether oxygens (including phenoxy) is 3. The van der Waals surface area contributed by atoms with Crippen molar-refractivity contribution in [3.05, 3.63) is 27.8 Å². The van der Waals surface area contributed by atoms with Crippen LogP contribution in [0.4, 0.5) is 5.69 Å². The Morgan fingerprint density at radius 1 is 1.24 bits per heavy atom. The number of nitrogens with zero attached hydrogens (tertiary/aromatic N) is 1. The van der Waals surface area contributed by atoms with E-state index in [0.717, 1.165) is 18.9 Å². The monoisotopic (exact) mass is 354 g/mol. The number of methoxy groups -OCH3 is 1. The average molecular weight is 354 g/mol. The van der Waals surface area contributed by atoms with Gasteiger partial charge in [0.2, 0.25) is 0 Å². The van der Waals surface area contributed by atoms with Crippen LogP contribution in [0.25, 0.3) is 0 Å². The topological polar surface area (TPSA) is 117 Å². The van der Waals surface area contributed by atoms with Crippen LogP contribution < -0.4 is 14.8 Å². The van der Waals surface area contributed by atoms with Crippen molar-refractivity contribution < 1.29 is 28.7 Å². The molecule has 1 aromatic rings. The minimum atomic E-state index is -0.987. The molecule has 1 rings (SSSR count). The number of nitrogens with one attached hydrogen (secondary N) is 1. The van der Waals surface area contributed by atoms with E-state index in [4.69, 9.17) is 14.2 Å². The summed E-state index contributed by atoms with van der Waals surface area (Å²) in [7, 11) is 1.35. The number of hydrogen-bond acceptors (Lipinski definition) is 7. The van der Waals surface area contributed by atoms with Crippen molar-refractivity contribution in [2.75, 3.05) is 26.9 Å². The first kappa shape index (κ1) is 20.2. The molecular formula is C16H22N2O7. The van der Waals surface area contributed by atoms with E-state index in [1.807, 2.05) is 6.92 Å². The van der Waals surface area contributed by atoms with Crippen LogP contribution in [0.1, 0.15) is 37.0 Å². The van der Waals surface area contributed by atoms with Gasteiger partial charge >= 0.3 is 5.97 Å². The van der Waals surface area contributed by atoms with Gasteiger partial charge < -0.3 is 19.5 Å². The zero-order chi connectivity index (χ0) is 18.8. The average Bonchev–Trinajstić information content (AvgIpc) is 2.59. The maximum atomic E-state index is 12.1. The molecule has 0 unspecified atom stereocenters. The van der Waals surface area contributed by atoms with Crippen LogP contribution >= 0.6 is 0 Å². The first-order chi connectivity index (χ1) is 11.9. The number of nitro benzene ring substituents is 1. The number of esters is 1. The summed E-state index contributed by atoms with van der Waals surface area (Å²) in [6, 6.07) is 2.26. The highest BCUT2D eigenvalue weighted by atomic mass is 16.6. The van der Waals surface area contributed by atoms with E-state index in [2.05, 4.69) is 5.32 Å². The normalized spacial score (nSPS) is 10.0. The summed E-state index contributed by atoms with van der Waals surface area (Å²) >= 11 is 0. The third-order valence-corrected chi connectivity index (χ3v) is 3.19. The van der Waals surface area contributed by atoms with E-state index < -0.39 is 29.1 Å². The Hall–Kier alpha value is -2.84. The molecule has 0 fully saturated rings. The third kappa shape index (κ3) is 5.94. The van der Waals surface area contributed by atoms with Crippen molar-refractivity contribution in [3.63, 3.8) is 0 Å². The van der Waals surface area contributed by atoms with Gasteiger partial charge in [-0.05, 0) is 13.3 Å². The molecule has 25 heavy (non-hydrogen) atoms. The summed E-state index contributed by atoms with van der Waals surface area (Å²) in [6.45, 7) is 3.92. The molecule has 0 bridgehead atoms. The van der Waals surface area contributed by atoms with Crippen LogP contribution in [0.5, 0.6) is 11.5 Å². The van der Waals surface area contributed by atoms with Crippen LogP contribution in [0.3, 0.4) is 0 Å². The van der Waals surface area contributed by atoms with Crippen molar-refractivity contribution in [1.29, 1.82) is 0 Å². The van der Waals surface area contributed by atoms with Gasteiger partial charge in [-0.3, -0.25) is 14.9 Å². The summed E-state index contributed by atoms with van der Waals surface area (Å²) in [5.74, 6) is -1.15. The molecule has 0 aliphatic carbocycles. The lowest BCUT2D eigenvalue weighted by Gasteiger charge is -2.11. The molecule has 138 valence electrons. The van der Waals surface area contributed by atoms with Crippen molar-refractivity contribution in [3.8, 4) is 11.5 Å². The molecule has 9 nitrogen and oxygen atoms in total. The lowest BCUT2D eigenvalue weighted by Crippen LogP contribution is -2.29. The Morgan fingerprint density at radius 2 is 1.96 bits per heavy atom. The Kier molecular flexibility index (Phi) is 8.17. The highest BCUT2D eigenvalue weighted by molar-refractivity contribution is 5.96. The fourth-order valence-electron chi connectivity index (χ4n) is 1.96. The van der Waals surface area contributed by atoms with Gasteiger partial charge in [-0.25, -0.2) is 4.79 Å². The molecule has 0 saturated carbocycles. The van der Waals surface area contributed by atoms with Gasteiger partial charge in [0, 0.05) is 12.6 Å². The molecule has 1 aromatic carbocycles. The van der Waals surface area contributed by atoms with E-state index in [-0.39, 0.29) is 23.7 Å². The highest BCUT2D eigenvalue weighted by Gasteiger charge is 2.26. The number of hydrogen-bond donors (Lipinski definition) is 1. The van der Waals surface area contributed by atoms with Crippen molar-refractivity contribution in [2.24, 2.45) is 0 Å². The summed E-state index contributed by atoms with van der Waals surface area (Å²) in [4.78, 5) is 34.2. The van der Waals surface area contributed by atoms with Gasteiger partial charge in [0.05, 0.1) is 24.7 Å². The maximum absolute atomic E-state index is 12.1. The standard InChI is InChI=1S/C16H22N2O7/c1-4-6-7-17-15(19)10-25-16(20)11-8-13(23-3)14(24-5-2)9-12(11)18(21)22/h8-9H,4-7,10H2,1-3H3,(H,17,19). The van der Waals surface area contributed by atoms with Gasteiger partial charge in [0.1, 0.15) is 5.56 Å². The summed E-state index contributed by atoms with van der Waals surface area (Å²) in [5.41, 5.74) is -0.799.